The van der Waals surface area contributed by atoms with Gasteiger partial charge in [0.2, 0.25) is 0 Å². The summed E-state index contributed by atoms with van der Waals surface area (Å²) in [5, 5.41) is 4.03. The molecular formula is C17H18Cl2FN3. The van der Waals surface area contributed by atoms with Crippen molar-refractivity contribution in [3.8, 4) is 0 Å². The first-order chi connectivity index (χ1) is 10.9. The van der Waals surface area contributed by atoms with Gasteiger partial charge in [-0.3, -0.25) is 0 Å². The molecule has 23 heavy (non-hydrogen) atoms. The topological polar surface area (TPSA) is 27.6 Å². The number of nitrogens with one attached hydrogen (secondary N) is 1. The number of rotatable bonds is 5. The molecule has 2 aromatic rings. The normalized spacial score (nSPS) is 11.0. The van der Waals surface area contributed by atoms with Crippen molar-refractivity contribution in [2.75, 3.05) is 18.9 Å². The van der Waals surface area contributed by atoms with Gasteiger partial charge in [-0.05, 0) is 43.7 Å². The number of hydrogen-bond acceptors (Lipinski definition) is 2. The highest BCUT2D eigenvalue weighted by atomic mass is 35.5. The fourth-order valence-electron chi connectivity index (χ4n) is 1.85. The molecule has 0 aromatic heterocycles. The average Bonchev–Trinajstić information content (AvgIpc) is 2.52. The molecule has 122 valence electrons. The summed E-state index contributed by atoms with van der Waals surface area (Å²) in [5.41, 5.74) is 2.74. The minimum atomic E-state index is -0.316. The summed E-state index contributed by atoms with van der Waals surface area (Å²) >= 11 is 12.6. The third kappa shape index (κ3) is 4.60. The van der Waals surface area contributed by atoms with E-state index < -0.39 is 0 Å². The molecule has 0 amide bonds. The highest BCUT2D eigenvalue weighted by Gasteiger charge is 2.09. The van der Waals surface area contributed by atoms with E-state index in [9.17, 15) is 4.39 Å². The van der Waals surface area contributed by atoms with Gasteiger partial charge in [-0.1, -0.05) is 29.3 Å². The lowest BCUT2D eigenvalue weighted by atomic mass is 10.2. The van der Waals surface area contributed by atoms with Crippen LogP contribution in [0.1, 0.15) is 12.5 Å². The van der Waals surface area contributed by atoms with Crippen molar-refractivity contribution in [1.29, 1.82) is 0 Å². The SMILES string of the molecule is CCN(C)C=Nc1cc(Cl)c(Nc2cc(F)ccc2C)cc1Cl. The molecule has 0 spiro atoms. The first-order valence-electron chi connectivity index (χ1n) is 7.17. The Hall–Kier alpha value is -1.78. The van der Waals surface area contributed by atoms with Crippen molar-refractivity contribution in [2.24, 2.45) is 4.99 Å². The number of aryl methyl sites for hydroxylation is 1. The van der Waals surface area contributed by atoms with Crippen molar-refractivity contribution in [3.63, 3.8) is 0 Å². The van der Waals surface area contributed by atoms with Crippen LogP contribution in [0.2, 0.25) is 10.0 Å². The Bertz CT molecular complexity index is 732. The molecule has 2 rings (SSSR count). The Kier molecular flexibility index (Phi) is 5.85. The zero-order valence-electron chi connectivity index (χ0n) is 13.2. The number of anilines is 2. The highest BCUT2D eigenvalue weighted by molar-refractivity contribution is 6.37. The Morgan fingerprint density at radius 1 is 1.17 bits per heavy atom. The predicted octanol–water partition coefficient (Wildman–Crippen LogP) is 5.80. The summed E-state index contributed by atoms with van der Waals surface area (Å²) in [6.45, 7) is 4.75. The molecule has 0 unspecified atom stereocenters. The first kappa shape index (κ1) is 17.6. The number of halogens is 3. The molecule has 0 atom stereocenters. The number of aliphatic imine (C=N–C) groups is 1. The van der Waals surface area contributed by atoms with Crippen LogP contribution in [0.15, 0.2) is 35.3 Å². The molecule has 6 heteroatoms. The average molecular weight is 354 g/mol. The largest absolute Gasteiger partial charge is 0.366 e. The lowest BCUT2D eigenvalue weighted by Gasteiger charge is -2.13. The van der Waals surface area contributed by atoms with E-state index in [-0.39, 0.29) is 5.82 Å². The number of benzene rings is 2. The van der Waals surface area contributed by atoms with E-state index in [1.54, 1.807) is 24.5 Å². The molecule has 0 bridgehead atoms. The first-order valence-corrected chi connectivity index (χ1v) is 7.93. The van der Waals surface area contributed by atoms with E-state index in [1.807, 2.05) is 25.8 Å². The third-order valence-electron chi connectivity index (χ3n) is 3.40. The van der Waals surface area contributed by atoms with Crippen LogP contribution < -0.4 is 5.32 Å². The fraction of sp³-hybridized carbons (Fsp3) is 0.235. The zero-order chi connectivity index (χ0) is 17.0. The van der Waals surface area contributed by atoms with Gasteiger partial charge in [0.1, 0.15) is 5.82 Å². The van der Waals surface area contributed by atoms with Crippen LogP contribution in [0.5, 0.6) is 0 Å². The second-order valence-corrected chi connectivity index (χ2v) is 6.00. The van der Waals surface area contributed by atoms with Crippen LogP contribution in [0.3, 0.4) is 0 Å². The summed E-state index contributed by atoms with van der Waals surface area (Å²) in [6.07, 6.45) is 1.70. The van der Waals surface area contributed by atoms with E-state index in [0.29, 0.717) is 27.1 Å². The van der Waals surface area contributed by atoms with E-state index in [4.69, 9.17) is 23.2 Å². The fourth-order valence-corrected chi connectivity index (χ4v) is 2.27. The number of nitrogens with zero attached hydrogens (tertiary/aromatic N) is 2. The van der Waals surface area contributed by atoms with Crippen molar-refractivity contribution >= 4 is 46.6 Å². The van der Waals surface area contributed by atoms with E-state index in [1.165, 1.54) is 12.1 Å². The molecule has 0 saturated carbocycles. The maximum atomic E-state index is 13.4. The van der Waals surface area contributed by atoms with Gasteiger partial charge in [-0.2, -0.15) is 0 Å². The van der Waals surface area contributed by atoms with Crippen LogP contribution in [0.4, 0.5) is 21.5 Å². The molecule has 0 aliphatic rings. The van der Waals surface area contributed by atoms with E-state index in [0.717, 1.165) is 12.1 Å². The second kappa shape index (κ2) is 7.66. The molecular weight excluding hydrogens is 336 g/mol. The van der Waals surface area contributed by atoms with Crippen LogP contribution in [-0.2, 0) is 0 Å². The molecule has 0 heterocycles. The summed E-state index contributed by atoms with van der Waals surface area (Å²) < 4.78 is 13.4. The lowest BCUT2D eigenvalue weighted by Crippen LogP contribution is -2.14. The summed E-state index contributed by atoms with van der Waals surface area (Å²) in [4.78, 5) is 6.24. The molecule has 0 saturated heterocycles. The van der Waals surface area contributed by atoms with Crippen LogP contribution in [0, 0.1) is 12.7 Å². The standard InChI is InChI=1S/C17H18Cl2FN3/c1-4-23(3)10-21-16-8-14(19)17(9-13(16)18)22-15-7-12(20)6-5-11(15)2/h5-10,22H,4H2,1-3H3. The smallest absolute Gasteiger partial charge is 0.125 e. The Labute approximate surface area is 145 Å². The minimum Gasteiger partial charge on any atom is -0.366 e. The van der Waals surface area contributed by atoms with Gasteiger partial charge < -0.3 is 10.2 Å². The van der Waals surface area contributed by atoms with Gasteiger partial charge in [-0.15, -0.1) is 0 Å². The quantitative estimate of drug-likeness (QED) is 0.543. The van der Waals surface area contributed by atoms with Crippen LogP contribution >= 0.6 is 23.2 Å². The monoisotopic (exact) mass is 353 g/mol. The van der Waals surface area contributed by atoms with Crippen molar-refractivity contribution in [1.82, 2.24) is 4.90 Å². The van der Waals surface area contributed by atoms with Crippen molar-refractivity contribution < 1.29 is 4.39 Å². The molecule has 0 fully saturated rings. The van der Waals surface area contributed by atoms with Gasteiger partial charge in [0.15, 0.2) is 0 Å². The van der Waals surface area contributed by atoms with Crippen molar-refractivity contribution in [2.45, 2.75) is 13.8 Å². The van der Waals surface area contributed by atoms with Gasteiger partial charge >= 0.3 is 0 Å². The maximum Gasteiger partial charge on any atom is 0.125 e. The molecule has 0 aliphatic heterocycles. The Balaban J connectivity index is 2.29. The third-order valence-corrected chi connectivity index (χ3v) is 4.01. The second-order valence-electron chi connectivity index (χ2n) is 5.19. The predicted molar refractivity (Wildman–Crippen MR) is 97.3 cm³/mol. The lowest BCUT2D eigenvalue weighted by molar-refractivity contribution is 0.552. The van der Waals surface area contributed by atoms with E-state index in [2.05, 4.69) is 10.3 Å². The Morgan fingerprint density at radius 2 is 1.91 bits per heavy atom. The molecule has 3 nitrogen and oxygen atoms in total. The molecule has 0 aliphatic carbocycles. The molecule has 0 radical (unpaired) electrons. The van der Waals surface area contributed by atoms with Gasteiger partial charge in [0.25, 0.3) is 0 Å². The highest BCUT2D eigenvalue weighted by Crippen LogP contribution is 2.36. The Morgan fingerprint density at radius 3 is 2.61 bits per heavy atom. The van der Waals surface area contributed by atoms with Gasteiger partial charge in [0, 0.05) is 19.3 Å². The molecule has 1 N–H and O–H groups in total. The number of hydrogen-bond donors (Lipinski definition) is 1. The van der Waals surface area contributed by atoms with Gasteiger partial charge in [-0.25, -0.2) is 9.38 Å². The summed E-state index contributed by atoms with van der Waals surface area (Å²) in [7, 11) is 1.92. The summed E-state index contributed by atoms with van der Waals surface area (Å²) in [5.74, 6) is -0.316. The van der Waals surface area contributed by atoms with Gasteiger partial charge in [0.05, 0.1) is 27.8 Å². The zero-order valence-corrected chi connectivity index (χ0v) is 14.7. The minimum absolute atomic E-state index is 0.316. The molecule has 2 aromatic carbocycles. The van der Waals surface area contributed by atoms with Crippen LogP contribution in [-0.4, -0.2) is 24.8 Å². The van der Waals surface area contributed by atoms with Crippen LogP contribution in [0.25, 0.3) is 0 Å². The maximum absolute atomic E-state index is 13.4. The summed E-state index contributed by atoms with van der Waals surface area (Å²) in [6, 6.07) is 7.90. The van der Waals surface area contributed by atoms with E-state index >= 15 is 0 Å². The van der Waals surface area contributed by atoms with Crippen molar-refractivity contribution in [3.05, 3.63) is 51.8 Å².